The Labute approximate surface area is 165 Å². The number of fused-ring (bicyclic) bond motifs is 1. The summed E-state index contributed by atoms with van der Waals surface area (Å²) in [4.78, 5) is 33.5. The number of hydrogen-bond acceptors (Lipinski definition) is 4. The molecule has 2 aliphatic heterocycles. The zero-order valence-corrected chi connectivity index (χ0v) is 16.5. The number of amides is 2. The molecule has 2 amide bonds. The molecule has 2 aromatic rings. The smallest absolute Gasteiger partial charge is 0.274 e. The molecule has 150 valence electrons. The average Bonchev–Trinajstić information content (AvgIpc) is 3.18. The van der Waals surface area contributed by atoms with E-state index in [0.717, 1.165) is 43.8 Å². The minimum Gasteiger partial charge on any atom is -0.381 e. The van der Waals surface area contributed by atoms with Gasteiger partial charge in [-0.15, -0.1) is 0 Å². The summed E-state index contributed by atoms with van der Waals surface area (Å²) in [5, 5.41) is 0. The second-order valence-electron chi connectivity index (χ2n) is 7.82. The monoisotopic (exact) mass is 384 g/mol. The van der Waals surface area contributed by atoms with E-state index in [1.54, 1.807) is 11.1 Å². The van der Waals surface area contributed by atoms with Crippen molar-refractivity contribution in [1.82, 2.24) is 19.2 Å². The summed E-state index contributed by atoms with van der Waals surface area (Å²) in [6.07, 6.45) is 5.54. The van der Waals surface area contributed by atoms with Crippen molar-refractivity contribution in [3.63, 3.8) is 0 Å². The third kappa shape index (κ3) is 4.04. The summed E-state index contributed by atoms with van der Waals surface area (Å²) < 4.78 is 7.43. The average molecular weight is 384 g/mol. The molecule has 4 heterocycles. The predicted octanol–water partition coefficient (Wildman–Crippen LogP) is 2.13. The standard InChI is InChI=1S/C21H28N4O3/c1-16-4-2-6-19-22-18(14-25(16)19)21(27)24-11-9-23(10-12-24)20(26)8-7-17-5-3-13-28-15-17/h2,4,6,14,17H,3,5,7-13,15H2,1H3. The molecule has 7 nitrogen and oxygen atoms in total. The van der Waals surface area contributed by atoms with E-state index in [4.69, 9.17) is 4.74 Å². The number of aryl methyl sites for hydroxylation is 1. The van der Waals surface area contributed by atoms with Crippen molar-refractivity contribution in [2.24, 2.45) is 5.92 Å². The second kappa shape index (κ2) is 8.31. The zero-order valence-electron chi connectivity index (χ0n) is 16.5. The molecule has 0 aliphatic carbocycles. The van der Waals surface area contributed by atoms with Crippen LogP contribution in [0.1, 0.15) is 41.9 Å². The van der Waals surface area contributed by atoms with E-state index in [2.05, 4.69) is 4.98 Å². The highest BCUT2D eigenvalue weighted by atomic mass is 16.5. The number of imidazole rings is 1. The largest absolute Gasteiger partial charge is 0.381 e. The van der Waals surface area contributed by atoms with Crippen molar-refractivity contribution in [2.75, 3.05) is 39.4 Å². The second-order valence-corrected chi connectivity index (χ2v) is 7.82. The van der Waals surface area contributed by atoms with Crippen molar-refractivity contribution in [3.8, 4) is 0 Å². The van der Waals surface area contributed by atoms with Crippen LogP contribution in [0.2, 0.25) is 0 Å². The summed E-state index contributed by atoms with van der Waals surface area (Å²) in [5.74, 6) is 0.648. The molecule has 0 radical (unpaired) electrons. The van der Waals surface area contributed by atoms with Gasteiger partial charge in [-0.3, -0.25) is 9.59 Å². The van der Waals surface area contributed by atoms with Gasteiger partial charge in [0.1, 0.15) is 11.3 Å². The van der Waals surface area contributed by atoms with Crippen LogP contribution in [0.15, 0.2) is 24.4 Å². The molecule has 0 bridgehead atoms. The van der Waals surface area contributed by atoms with E-state index >= 15 is 0 Å². The molecule has 2 saturated heterocycles. The Balaban J connectivity index is 1.29. The molecule has 1 atom stereocenters. The number of piperazine rings is 1. The van der Waals surface area contributed by atoms with Gasteiger partial charge in [0.2, 0.25) is 5.91 Å². The lowest BCUT2D eigenvalue weighted by atomic mass is 9.96. The Morgan fingerprint density at radius 3 is 2.68 bits per heavy atom. The minimum absolute atomic E-state index is 0.0606. The zero-order chi connectivity index (χ0) is 19.5. The maximum absolute atomic E-state index is 12.8. The van der Waals surface area contributed by atoms with Crippen molar-refractivity contribution < 1.29 is 14.3 Å². The highest BCUT2D eigenvalue weighted by Gasteiger charge is 2.26. The Kier molecular flexibility index (Phi) is 5.62. The number of carbonyl (C=O) groups is 2. The first kappa shape index (κ1) is 18.9. The summed E-state index contributed by atoms with van der Waals surface area (Å²) in [5.41, 5.74) is 2.29. The maximum atomic E-state index is 12.8. The van der Waals surface area contributed by atoms with E-state index in [-0.39, 0.29) is 11.8 Å². The van der Waals surface area contributed by atoms with Crippen LogP contribution in [-0.4, -0.2) is 70.4 Å². The summed E-state index contributed by atoms with van der Waals surface area (Å²) in [6.45, 7) is 5.94. The van der Waals surface area contributed by atoms with E-state index < -0.39 is 0 Å². The van der Waals surface area contributed by atoms with Crippen LogP contribution in [0.3, 0.4) is 0 Å². The van der Waals surface area contributed by atoms with E-state index in [0.29, 0.717) is 44.2 Å². The van der Waals surface area contributed by atoms with Crippen LogP contribution in [0.5, 0.6) is 0 Å². The third-order valence-corrected chi connectivity index (χ3v) is 5.86. The summed E-state index contributed by atoms with van der Waals surface area (Å²) in [6, 6.07) is 5.83. The van der Waals surface area contributed by atoms with Gasteiger partial charge in [0.05, 0.1) is 0 Å². The van der Waals surface area contributed by atoms with E-state index in [9.17, 15) is 9.59 Å². The topological polar surface area (TPSA) is 67.2 Å². The van der Waals surface area contributed by atoms with Crippen molar-refractivity contribution in [3.05, 3.63) is 35.8 Å². The molecule has 28 heavy (non-hydrogen) atoms. The normalized spacial score (nSPS) is 20.5. The van der Waals surface area contributed by atoms with Gasteiger partial charge < -0.3 is 18.9 Å². The van der Waals surface area contributed by atoms with Gasteiger partial charge in [0, 0.05) is 57.7 Å². The number of nitrogens with zero attached hydrogens (tertiary/aromatic N) is 4. The first-order chi connectivity index (χ1) is 13.6. The number of pyridine rings is 1. The van der Waals surface area contributed by atoms with Gasteiger partial charge in [0.15, 0.2) is 0 Å². The third-order valence-electron chi connectivity index (χ3n) is 5.86. The number of aromatic nitrogens is 2. The molecular weight excluding hydrogens is 356 g/mol. The summed E-state index contributed by atoms with van der Waals surface area (Å²) >= 11 is 0. The first-order valence-electron chi connectivity index (χ1n) is 10.2. The molecule has 2 aliphatic rings. The molecule has 0 saturated carbocycles. The fourth-order valence-electron chi connectivity index (χ4n) is 4.09. The van der Waals surface area contributed by atoms with Gasteiger partial charge in [-0.1, -0.05) is 6.07 Å². The fourth-order valence-corrected chi connectivity index (χ4v) is 4.09. The van der Waals surface area contributed by atoms with Crippen LogP contribution in [0.25, 0.3) is 5.65 Å². The lowest BCUT2D eigenvalue weighted by molar-refractivity contribution is -0.133. The molecule has 0 spiro atoms. The molecule has 4 rings (SSSR count). The molecule has 7 heteroatoms. The molecule has 1 unspecified atom stereocenters. The van der Waals surface area contributed by atoms with Crippen LogP contribution in [0, 0.1) is 12.8 Å². The fraction of sp³-hybridized carbons (Fsp3) is 0.571. The van der Waals surface area contributed by atoms with Gasteiger partial charge in [0.25, 0.3) is 5.91 Å². The first-order valence-corrected chi connectivity index (χ1v) is 10.2. The Hall–Kier alpha value is -2.41. The molecular formula is C21H28N4O3. The SMILES string of the molecule is Cc1cccc2nc(C(=O)N3CCN(C(=O)CCC4CCCOC4)CC3)cn12. The Morgan fingerprint density at radius 2 is 1.96 bits per heavy atom. The highest BCUT2D eigenvalue weighted by Crippen LogP contribution is 2.20. The van der Waals surface area contributed by atoms with Crippen molar-refractivity contribution in [1.29, 1.82) is 0 Å². The lowest BCUT2D eigenvalue weighted by Crippen LogP contribution is -2.50. The maximum Gasteiger partial charge on any atom is 0.274 e. The summed E-state index contributed by atoms with van der Waals surface area (Å²) in [7, 11) is 0. The van der Waals surface area contributed by atoms with Gasteiger partial charge in [-0.05, 0) is 44.2 Å². The molecule has 0 N–H and O–H groups in total. The van der Waals surface area contributed by atoms with Crippen LogP contribution in [0.4, 0.5) is 0 Å². The predicted molar refractivity (Wildman–Crippen MR) is 105 cm³/mol. The van der Waals surface area contributed by atoms with Gasteiger partial charge in [-0.2, -0.15) is 0 Å². The number of hydrogen-bond donors (Lipinski definition) is 0. The van der Waals surface area contributed by atoms with Crippen molar-refractivity contribution in [2.45, 2.75) is 32.6 Å². The highest BCUT2D eigenvalue weighted by molar-refractivity contribution is 5.93. The van der Waals surface area contributed by atoms with Crippen LogP contribution >= 0.6 is 0 Å². The van der Waals surface area contributed by atoms with Crippen molar-refractivity contribution >= 4 is 17.5 Å². The minimum atomic E-state index is -0.0606. The quantitative estimate of drug-likeness (QED) is 0.810. The number of rotatable bonds is 4. The molecule has 2 fully saturated rings. The Morgan fingerprint density at radius 1 is 1.18 bits per heavy atom. The van der Waals surface area contributed by atoms with Gasteiger partial charge in [-0.25, -0.2) is 4.98 Å². The number of carbonyl (C=O) groups excluding carboxylic acids is 2. The van der Waals surface area contributed by atoms with E-state index in [1.807, 2.05) is 34.4 Å². The molecule has 0 aromatic carbocycles. The number of ether oxygens (including phenoxy) is 1. The van der Waals surface area contributed by atoms with Crippen LogP contribution in [-0.2, 0) is 9.53 Å². The van der Waals surface area contributed by atoms with Crippen LogP contribution < -0.4 is 0 Å². The molecule has 2 aromatic heterocycles. The Bertz CT molecular complexity index is 848. The lowest BCUT2D eigenvalue weighted by Gasteiger charge is -2.34. The van der Waals surface area contributed by atoms with E-state index in [1.165, 1.54) is 0 Å². The van der Waals surface area contributed by atoms with Gasteiger partial charge >= 0.3 is 0 Å².